The molecule has 2 rings (SSSR count). The number of hydrogen-bond acceptors (Lipinski definition) is 4. The molecule has 0 spiro atoms. The third-order valence-electron chi connectivity index (χ3n) is 3.85. The number of nitrogens with one attached hydrogen (secondary N) is 1. The zero-order valence-electron chi connectivity index (χ0n) is 12.4. The second kappa shape index (κ2) is 8.14. The van der Waals surface area contributed by atoms with Gasteiger partial charge in [0.1, 0.15) is 0 Å². The van der Waals surface area contributed by atoms with Gasteiger partial charge < -0.3 is 20.4 Å². The van der Waals surface area contributed by atoms with Crippen molar-refractivity contribution in [2.24, 2.45) is 0 Å². The van der Waals surface area contributed by atoms with Gasteiger partial charge in [-0.3, -0.25) is 4.79 Å². The summed E-state index contributed by atoms with van der Waals surface area (Å²) in [5.74, 6) is -0.854. The van der Waals surface area contributed by atoms with Gasteiger partial charge in [-0.15, -0.1) is 11.3 Å². The minimum absolute atomic E-state index is 0.0385. The van der Waals surface area contributed by atoms with Crippen molar-refractivity contribution in [2.45, 2.75) is 44.2 Å². The van der Waals surface area contributed by atoms with E-state index < -0.39 is 12.1 Å². The number of thiophene rings is 1. The summed E-state index contributed by atoms with van der Waals surface area (Å²) in [4.78, 5) is 25.3. The summed E-state index contributed by atoms with van der Waals surface area (Å²) < 4.78 is 0. The Kier molecular flexibility index (Phi) is 6.21. The van der Waals surface area contributed by atoms with Crippen LogP contribution >= 0.6 is 11.3 Å². The topological polar surface area (TPSA) is 89.9 Å². The first-order valence-electron chi connectivity index (χ1n) is 7.55. The smallest absolute Gasteiger partial charge is 0.317 e. The lowest BCUT2D eigenvalue weighted by molar-refractivity contribution is -0.137. The summed E-state index contributed by atoms with van der Waals surface area (Å²) >= 11 is 1.52. The molecule has 0 aromatic carbocycles. The van der Waals surface area contributed by atoms with Crippen molar-refractivity contribution in [2.75, 3.05) is 13.1 Å². The third-order valence-corrected chi connectivity index (χ3v) is 4.82. The van der Waals surface area contributed by atoms with Crippen LogP contribution in [-0.2, 0) is 4.79 Å². The van der Waals surface area contributed by atoms with Crippen molar-refractivity contribution in [3.63, 3.8) is 0 Å². The number of amides is 2. The number of rotatable bonds is 7. The van der Waals surface area contributed by atoms with Crippen molar-refractivity contribution in [3.05, 3.63) is 22.4 Å². The highest BCUT2D eigenvalue weighted by Crippen LogP contribution is 2.29. The second-order valence-corrected chi connectivity index (χ2v) is 6.46. The Labute approximate surface area is 133 Å². The van der Waals surface area contributed by atoms with E-state index in [1.54, 1.807) is 4.90 Å². The molecule has 1 aliphatic heterocycles. The normalized spacial score (nSPS) is 19.1. The van der Waals surface area contributed by atoms with Gasteiger partial charge in [0.2, 0.25) is 0 Å². The minimum atomic E-state index is -0.854. The van der Waals surface area contributed by atoms with Crippen LogP contribution in [0.3, 0.4) is 0 Å². The number of likely N-dealkylation sites (tertiary alicyclic amines) is 1. The lowest BCUT2D eigenvalue weighted by Gasteiger charge is -2.26. The van der Waals surface area contributed by atoms with E-state index in [4.69, 9.17) is 5.11 Å². The average Bonchev–Trinajstić information content (AvgIpc) is 3.14. The number of aliphatic hydroxyl groups excluding tert-OH is 1. The maximum Gasteiger partial charge on any atom is 0.317 e. The maximum absolute atomic E-state index is 12.2. The van der Waals surface area contributed by atoms with E-state index in [9.17, 15) is 14.7 Å². The highest BCUT2D eigenvalue weighted by molar-refractivity contribution is 7.10. The monoisotopic (exact) mass is 326 g/mol. The Bertz CT molecular complexity index is 492. The van der Waals surface area contributed by atoms with Crippen LogP contribution in [0.5, 0.6) is 0 Å². The molecule has 6 nitrogen and oxygen atoms in total. The Morgan fingerprint density at radius 2 is 2.32 bits per heavy atom. The molecule has 0 saturated carbocycles. The van der Waals surface area contributed by atoms with Gasteiger partial charge in [-0.05, 0) is 37.1 Å². The van der Waals surface area contributed by atoms with Gasteiger partial charge in [0.25, 0.3) is 0 Å². The summed E-state index contributed by atoms with van der Waals surface area (Å²) in [6.07, 6.45) is 2.32. The summed E-state index contributed by atoms with van der Waals surface area (Å²) in [6, 6.07) is 3.69. The van der Waals surface area contributed by atoms with Crippen LogP contribution < -0.4 is 5.32 Å². The number of aliphatic carboxylic acids is 1. The van der Waals surface area contributed by atoms with Gasteiger partial charge in [0, 0.05) is 30.4 Å². The highest BCUT2D eigenvalue weighted by Gasteiger charge is 2.30. The van der Waals surface area contributed by atoms with Crippen LogP contribution in [-0.4, -0.2) is 46.2 Å². The van der Waals surface area contributed by atoms with Gasteiger partial charge in [-0.25, -0.2) is 4.79 Å². The molecule has 2 unspecified atom stereocenters. The molecule has 2 heterocycles. The van der Waals surface area contributed by atoms with Crippen molar-refractivity contribution < 1.29 is 19.8 Å². The van der Waals surface area contributed by atoms with Crippen LogP contribution in [0.15, 0.2) is 17.5 Å². The Morgan fingerprint density at radius 3 is 3.00 bits per heavy atom. The van der Waals surface area contributed by atoms with Crippen molar-refractivity contribution >= 4 is 23.3 Å². The van der Waals surface area contributed by atoms with Crippen LogP contribution in [0.25, 0.3) is 0 Å². The molecule has 1 aromatic rings. The second-order valence-electron chi connectivity index (χ2n) is 5.49. The van der Waals surface area contributed by atoms with E-state index >= 15 is 0 Å². The van der Waals surface area contributed by atoms with Gasteiger partial charge in [0.05, 0.1) is 6.10 Å². The molecule has 1 aliphatic rings. The van der Waals surface area contributed by atoms with Crippen LogP contribution in [0.1, 0.15) is 43.1 Å². The van der Waals surface area contributed by atoms with Gasteiger partial charge in [-0.2, -0.15) is 0 Å². The Morgan fingerprint density at radius 1 is 1.50 bits per heavy atom. The van der Waals surface area contributed by atoms with Crippen LogP contribution in [0.2, 0.25) is 0 Å². The van der Waals surface area contributed by atoms with Crippen LogP contribution in [0.4, 0.5) is 4.79 Å². The molecule has 0 aliphatic carbocycles. The highest BCUT2D eigenvalue weighted by atomic mass is 32.1. The SMILES string of the molecule is O=C(O)CCCNC(=O)N1CCCC1CC(O)c1cccs1. The number of hydrogen-bond donors (Lipinski definition) is 3. The largest absolute Gasteiger partial charge is 0.481 e. The van der Waals surface area contributed by atoms with Crippen molar-refractivity contribution in [3.8, 4) is 0 Å². The molecule has 7 heteroatoms. The predicted octanol–water partition coefficient (Wildman–Crippen LogP) is 2.21. The number of carbonyl (C=O) groups excluding carboxylic acids is 1. The number of carbonyl (C=O) groups is 2. The molecule has 2 amide bonds. The fraction of sp³-hybridized carbons (Fsp3) is 0.600. The van der Waals surface area contributed by atoms with Crippen LogP contribution in [0, 0.1) is 0 Å². The zero-order valence-corrected chi connectivity index (χ0v) is 13.2. The molecule has 0 bridgehead atoms. The fourth-order valence-corrected chi connectivity index (χ4v) is 3.46. The lowest BCUT2D eigenvalue weighted by atomic mass is 10.1. The van der Waals surface area contributed by atoms with Crippen molar-refractivity contribution in [1.29, 1.82) is 0 Å². The Balaban J connectivity index is 1.79. The lowest BCUT2D eigenvalue weighted by Crippen LogP contribution is -2.43. The first kappa shape index (κ1) is 16.8. The van der Waals surface area contributed by atoms with Crippen molar-refractivity contribution in [1.82, 2.24) is 10.2 Å². The molecular formula is C15H22N2O4S. The molecule has 1 aromatic heterocycles. The number of urea groups is 1. The predicted molar refractivity (Wildman–Crippen MR) is 83.9 cm³/mol. The quantitative estimate of drug-likeness (QED) is 0.670. The van der Waals surface area contributed by atoms with Gasteiger partial charge in [0.15, 0.2) is 0 Å². The van der Waals surface area contributed by atoms with E-state index in [0.29, 0.717) is 25.9 Å². The average molecular weight is 326 g/mol. The Hall–Kier alpha value is -1.60. The van der Waals surface area contributed by atoms with E-state index in [-0.39, 0.29) is 18.5 Å². The van der Waals surface area contributed by atoms with E-state index in [1.807, 2.05) is 17.5 Å². The summed E-state index contributed by atoms with van der Waals surface area (Å²) in [6.45, 7) is 1.05. The van der Waals surface area contributed by atoms with Gasteiger partial charge >= 0.3 is 12.0 Å². The molecule has 122 valence electrons. The van der Waals surface area contributed by atoms with Gasteiger partial charge in [-0.1, -0.05) is 6.07 Å². The molecule has 2 atom stereocenters. The number of nitrogens with zero attached hydrogens (tertiary/aromatic N) is 1. The molecular weight excluding hydrogens is 304 g/mol. The molecule has 22 heavy (non-hydrogen) atoms. The molecule has 1 fully saturated rings. The fourth-order valence-electron chi connectivity index (χ4n) is 2.74. The first-order chi connectivity index (χ1) is 10.6. The summed E-state index contributed by atoms with van der Waals surface area (Å²) in [7, 11) is 0. The van der Waals surface area contributed by atoms with E-state index in [0.717, 1.165) is 17.7 Å². The zero-order chi connectivity index (χ0) is 15.9. The number of carboxylic acids is 1. The standard InChI is InChI=1S/C15H22N2O4S/c18-12(13-5-3-9-22-13)10-11-4-2-8-17(11)15(21)16-7-1-6-14(19)20/h3,5,9,11-12,18H,1-2,4,6-8,10H2,(H,16,21)(H,19,20). The van der Waals surface area contributed by atoms with E-state index in [1.165, 1.54) is 11.3 Å². The summed E-state index contributed by atoms with van der Waals surface area (Å²) in [5.41, 5.74) is 0. The summed E-state index contributed by atoms with van der Waals surface area (Å²) in [5, 5.41) is 23.5. The molecule has 3 N–H and O–H groups in total. The maximum atomic E-state index is 12.2. The number of carboxylic acid groups (broad SMARTS) is 1. The minimum Gasteiger partial charge on any atom is -0.481 e. The number of aliphatic hydroxyl groups is 1. The first-order valence-corrected chi connectivity index (χ1v) is 8.43. The molecule has 1 saturated heterocycles. The third kappa shape index (κ3) is 4.71. The van der Waals surface area contributed by atoms with E-state index in [2.05, 4.69) is 5.32 Å². The molecule has 0 radical (unpaired) electrons.